The molecule has 75 heavy (non-hydrogen) atoms. The van der Waals surface area contributed by atoms with E-state index in [9.17, 15) is 0 Å². The van der Waals surface area contributed by atoms with Gasteiger partial charge < -0.3 is 4.90 Å². The van der Waals surface area contributed by atoms with Crippen LogP contribution >= 0.6 is 0 Å². The second-order valence-electron chi connectivity index (χ2n) is 19.1. The molecule has 0 heterocycles. The highest BCUT2D eigenvalue weighted by atomic mass is 15.1. The van der Waals surface area contributed by atoms with Crippen LogP contribution in [0.1, 0.15) is 0 Å². The highest BCUT2D eigenvalue weighted by Crippen LogP contribution is 2.49. The average molecular weight is 954 g/mol. The van der Waals surface area contributed by atoms with Crippen LogP contribution in [-0.2, 0) is 0 Å². The summed E-state index contributed by atoms with van der Waals surface area (Å²) >= 11 is 0. The summed E-state index contributed by atoms with van der Waals surface area (Å²) in [6.07, 6.45) is 0. The normalized spacial score (nSPS) is 11.2. The number of nitrogens with zero attached hydrogens (tertiary/aromatic N) is 1. The minimum absolute atomic E-state index is 1.06. The fourth-order valence-corrected chi connectivity index (χ4v) is 11.1. The molecule has 0 aliphatic carbocycles. The molecule has 13 aromatic carbocycles. The Kier molecular flexibility index (Phi) is 12.0. The van der Waals surface area contributed by atoms with Crippen LogP contribution in [0.3, 0.4) is 0 Å². The molecule has 0 radical (unpaired) electrons. The van der Waals surface area contributed by atoms with E-state index >= 15 is 0 Å². The maximum atomic E-state index is 2.48. The van der Waals surface area contributed by atoms with Crippen molar-refractivity contribution >= 4 is 38.6 Å². The van der Waals surface area contributed by atoms with Gasteiger partial charge in [0.1, 0.15) is 0 Å². The fourth-order valence-electron chi connectivity index (χ4n) is 11.1. The van der Waals surface area contributed by atoms with E-state index < -0.39 is 0 Å². The first-order valence-electron chi connectivity index (χ1n) is 25.8. The number of hydrogen-bond donors (Lipinski definition) is 0. The first kappa shape index (κ1) is 45.1. The first-order chi connectivity index (χ1) is 37.2. The molecular weight excluding hydrogens is 903 g/mol. The lowest BCUT2D eigenvalue weighted by molar-refractivity contribution is 1.28. The number of fused-ring (bicyclic) bond motifs is 3. The molecule has 0 fully saturated rings. The van der Waals surface area contributed by atoms with E-state index in [1.54, 1.807) is 0 Å². The van der Waals surface area contributed by atoms with E-state index in [1.807, 2.05) is 0 Å². The Hall–Kier alpha value is -9.82. The van der Waals surface area contributed by atoms with Crippen LogP contribution in [0.15, 0.2) is 309 Å². The number of benzene rings is 13. The highest BCUT2D eigenvalue weighted by molar-refractivity contribution is 6.22. The lowest BCUT2D eigenvalue weighted by atomic mass is 9.84. The Bertz CT molecular complexity index is 4110. The number of hydrogen-bond acceptors (Lipinski definition) is 1. The molecule has 1 nitrogen and oxygen atoms in total. The van der Waals surface area contributed by atoms with Crippen LogP contribution in [0.4, 0.5) is 17.1 Å². The second kappa shape index (κ2) is 20.0. The van der Waals surface area contributed by atoms with Crippen molar-refractivity contribution in [3.63, 3.8) is 0 Å². The number of para-hydroxylation sites is 1. The van der Waals surface area contributed by atoms with Gasteiger partial charge in [-0.3, -0.25) is 0 Å². The summed E-state index contributed by atoms with van der Waals surface area (Å²) in [7, 11) is 0. The van der Waals surface area contributed by atoms with Crippen molar-refractivity contribution in [1.82, 2.24) is 0 Å². The Morgan fingerprint density at radius 2 is 0.560 bits per heavy atom. The van der Waals surface area contributed by atoms with E-state index in [2.05, 4.69) is 314 Å². The molecule has 0 atom stereocenters. The molecule has 0 unspecified atom stereocenters. The van der Waals surface area contributed by atoms with Crippen molar-refractivity contribution in [3.05, 3.63) is 309 Å². The fraction of sp³-hybridized carbons (Fsp3) is 0. The van der Waals surface area contributed by atoms with Gasteiger partial charge in [-0.05, 0) is 142 Å². The molecule has 0 N–H and O–H groups in total. The van der Waals surface area contributed by atoms with Gasteiger partial charge in [0.25, 0.3) is 0 Å². The van der Waals surface area contributed by atoms with Gasteiger partial charge in [-0.15, -0.1) is 0 Å². The van der Waals surface area contributed by atoms with E-state index in [1.165, 1.54) is 82.7 Å². The largest absolute Gasteiger partial charge is 0.309 e. The van der Waals surface area contributed by atoms with Crippen molar-refractivity contribution in [1.29, 1.82) is 0 Å². The summed E-state index contributed by atoms with van der Waals surface area (Å²) in [4.78, 5) is 2.48. The topological polar surface area (TPSA) is 3.24 Å². The van der Waals surface area contributed by atoms with Crippen molar-refractivity contribution in [3.8, 4) is 89.0 Å². The molecule has 0 aliphatic heterocycles. The maximum Gasteiger partial charge on any atom is 0.0540 e. The second-order valence-corrected chi connectivity index (χ2v) is 19.1. The standard InChI is InChI=1S/C74H51N/c1-7-23-52(24-8-1)59-41-46-63(68(49-59)54-27-11-3-12-28-54)56-39-44-62(45-40-56)75(72-48-43-60(53-25-9-2-10-26-53)50-69(72)55-29-13-4-14-30-55)71-38-22-21-35-64(71)61-42-47-66-65-36-19-20-37-67(65)73(57-31-15-5-16-32-57)74(70(66)51-61)58-33-17-6-18-34-58/h1-51H. The first-order valence-corrected chi connectivity index (χ1v) is 25.8. The Morgan fingerprint density at radius 1 is 0.173 bits per heavy atom. The summed E-state index contributed by atoms with van der Waals surface area (Å²) in [5, 5.41) is 4.93. The Labute approximate surface area is 439 Å². The summed E-state index contributed by atoms with van der Waals surface area (Å²) < 4.78 is 0. The van der Waals surface area contributed by atoms with E-state index in [-0.39, 0.29) is 0 Å². The maximum absolute atomic E-state index is 2.48. The van der Waals surface area contributed by atoms with Gasteiger partial charge in [-0.1, -0.05) is 267 Å². The van der Waals surface area contributed by atoms with Crippen LogP contribution in [0.2, 0.25) is 0 Å². The molecule has 352 valence electrons. The van der Waals surface area contributed by atoms with Crippen molar-refractivity contribution in [2.75, 3.05) is 4.90 Å². The SMILES string of the molecule is c1ccc(-c2ccc(-c3ccc(N(c4ccccc4-c4ccc5c(c4)c(-c4ccccc4)c(-c4ccccc4)c4ccccc45)c4ccc(-c5ccccc5)cc4-c4ccccc4)cc3)c(-c3ccccc3)c2)cc1. The molecule has 1 heteroatoms. The van der Waals surface area contributed by atoms with Gasteiger partial charge in [-0.25, -0.2) is 0 Å². The lowest BCUT2D eigenvalue weighted by Crippen LogP contribution is -2.12. The van der Waals surface area contributed by atoms with Crippen molar-refractivity contribution in [2.45, 2.75) is 0 Å². The van der Waals surface area contributed by atoms with Gasteiger partial charge in [0.05, 0.1) is 11.4 Å². The third-order valence-corrected chi connectivity index (χ3v) is 14.7. The minimum Gasteiger partial charge on any atom is -0.309 e. The third kappa shape index (κ3) is 8.67. The van der Waals surface area contributed by atoms with Crippen LogP contribution < -0.4 is 4.90 Å². The Balaban J connectivity index is 1.03. The number of rotatable bonds is 11. The molecule has 0 amide bonds. The van der Waals surface area contributed by atoms with Gasteiger partial charge in [0.2, 0.25) is 0 Å². The van der Waals surface area contributed by atoms with Gasteiger partial charge in [0.15, 0.2) is 0 Å². The zero-order valence-electron chi connectivity index (χ0n) is 41.4. The Morgan fingerprint density at radius 3 is 1.15 bits per heavy atom. The van der Waals surface area contributed by atoms with Crippen LogP contribution in [0, 0.1) is 0 Å². The molecule has 13 aromatic rings. The minimum atomic E-state index is 1.06. The zero-order chi connectivity index (χ0) is 49.9. The molecule has 0 bridgehead atoms. The third-order valence-electron chi connectivity index (χ3n) is 14.7. The zero-order valence-corrected chi connectivity index (χ0v) is 41.4. The van der Waals surface area contributed by atoms with Gasteiger partial charge in [-0.2, -0.15) is 0 Å². The quantitative estimate of drug-likeness (QED) is 0.117. The summed E-state index contributed by atoms with van der Waals surface area (Å²) in [6.45, 7) is 0. The van der Waals surface area contributed by atoms with Gasteiger partial charge in [0, 0.05) is 16.8 Å². The van der Waals surface area contributed by atoms with E-state index in [0.29, 0.717) is 0 Å². The highest BCUT2D eigenvalue weighted by Gasteiger charge is 2.24. The molecule has 0 saturated carbocycles. The van der Waals surface area contributed by atoms with Crippen LogP contribution in [0.25, 0.3) is 111 Å². The summed E-state index contributed by atoms with van der Waals surface area (Å²) in [5.41, 5.74) is 22.1. The number of anilines is 3. The molecule has 13 rings (SSSR count). The molecule has 0 aromatic heterocycles. The van der Waals surface area contributed by atoms with Crippen molar-refractivity contribution in [2.24, 2.45) is 0 Å². The molecule has 0 saturated heterocycles. The van der Waals surface area contributed by atoms with Gasteiger partial charge >= 0.3 is 0 Å². The van der Waals surface area contributed by atoms with Crippen LogP contribution in [0.5, 0.6) is 0 Å². The molecular formula is C74H51N. The molecule has 0 spiro atoms. The predicted molar refractivity (Wildman–Crippen MR) is 320 cm³/mol. The summed E-state index contributed by atoms with van der Waals surface area (Å²) in [6, 6.07) is 113. The molecule has 0 aliphatic rings. The lowest BCUT2D eigenvalue weighted by Gasteiger charge is -2.30. The van der Waals surface area contributed by atoms with Crippen LogP contribution in [-0.4, -0.2) is 0 Å². The average Bonchev–Trinajstić information content (AvgIpc) is 3.52. The summed E-state index contributed by atoms with van der Waals surface area (Å²) in [5.74, 6) is 0. The van der Waals surface area contributed by atoms with E-state index in [0.717, 1.165) is 44.9 Å². The smallest absolute Gasteiger partial charge is 0.0540 e. The van der Waals surface area contributed by atoms with Crippen molar-refractivity contribution < 1.29 is 0 Å². The van der Waals surface area contributed by atoms with E-state index in [4.69, 9.17) is 0 Å². The predicted octanol–water partition coefficient (Wildman–Crippen LogP) is 20.8. The monoisotopic (exact) mass is 953 g/mol.